The number of aliphatic carboxylic acids is 1. The number of carboxylic acid groups (broad SMARTS) is 1. The average molecular weight is 552 g/mol. The van der Waals surface area contributed by atoms with Gasteiger partial charge in [0.05, 0.1) is 24.8 Å². The number of nitrogens with zero attached hydrogens (tertiary/aromatic N) is 4. The molecule has 1 aliphatic carbocycles. The van der Waals surface area contributed by atoms with Crippen molar-refractivity contribution in [1.29, 1.82) is 0 Å². The molecule has 3 heterocycles. The second-order valence-electron chi connectivity index (χ2n) is 8.72. The van der Waals surface area contributed by atoms with E-state index in [2.05, 4.69) is 25.1 Å². The molecular formula is C19H27ClN5O10P. The van der Waals surface area contributed by atoms with E-state index in [9.17, 15) is 34.5 Å². The first-order valence-electron chi connectivity index (χ1n) is 11.1. The van der Waals surface area contributed by atoms with E-state index in [4.69, 9.17) is 21.1 Å². The summed E-state index contributed by atoms with van der Waals surface area (Å²) in [5.74, 6) is -1.50. The van der Waals surface area contributed by atoms with Crippen LogP contribution in [0.15, 0.2) is 6.20 Å². The number of aromatic nitrogens is 4. The average Bonchev–Trinajstić information content (AvgIpc) is 3.52. The summed E-state index contributed by atoms with van der Waals surface area (Å²) in [4.78, 5) is 39.4. The third-order valence-electron chi connectivity index (χ3n) is 6.33. The van der Waals surface area contributed by atoms with Gasteiger partial charge in [-0.15, -0.1) is 0 Å². The standard InChI is InChI=1S/C19H27ClN5O10P/c1-33-8-19(17(28)29,36(30,31)32)34-7-11-12(26)13(27)16(35-11)25-15-10(6-21-25)14(23-18(20)24-15)22-9-4-2-3-5-9/h6,9,11-13,16,26-27H,2-5,7-8H2,1H3,(H,28,29)(H,22,23,24)(H2,30,31,32)/t11-,12-,13-,16-,19+/m1/s1. The summed E-state index contributed by atoms with van der Waals surface area (Å²) < 4.78 is 28.6. The molecule has 0 unspecified atom stereocenters. The van der Waals surface area contributed by atoms with Gasteiger partial charge < -0.3 is 44.6 Å². The van der Waals surface area contributed by atoms with Gasteiger partial charge in [0.15, 0.2) is 11.9 Å². The summed E-state index contributed by atoms with van der Waals surface area (Å²) in [6.45, 7) is -1.77. The zero-order valence-electron chi connectivity index (χ0n) is 19.1. The number of carboxylic acids is 1. The largest absolute Gasteiger partial charge is 0.479 e. The van der Waals surface area contributed by atoms with Crippen LogP contribution in [0.1, 0.15) is 31.9 Å². The molecule has 0 radical (unpaired) electrons. The fraction of sp³-hybridized carbons (Fsp3) is 0.684. The Bertz CT molecular complexity index is 1160. The van der Waals surface area contributed by atoms with Gasteiger partial charge in [0, 0.05) is 13.2 Å². The minimum Gasteiger partial charge on any atom is -0.479 e. The quantitative estimate of drug-likeness (QED) is 0.170. The van der Waals surface area contributed by atoms with Gasteiger partial charge in [-0.3, -0.25) is 4.57 Å². The number of fused-ring (bicyclic) bond motifs is 1. The Morgan fingerprint density at radius 1 is 1.31 bits per heavy atom. The number of hydrogen-bond donors (Lipinski definition) is 6. The van der Waals surface area contributed by atoms with Crippen molar-refractivity contribution in [3.05, 3.63) is 11.5 Å². The van der Waals surface area contributed by atoms with E-state index in [0.29, 0.717) is 11.2 Å². The highest BCUT2D eigenvalue weighted by molar-refractivity contribution is 7.54. The lowest BCUT2D eigenvalue weighted by molar-refractivity contribution is -0.169. The lowest BCUT2D eigenvalue weighted by atomic mass is 10.1. The molecule has 2 fully saturated rings. The first-order valence-corrected chi connectivity index (χ1v) is 13.1. The van der Waals surface area contributed by atoms with E-state index in [0.717, 1.165) is 32.8 Å². The summed E-state index contributed by atoms with van der Waals surface area (Å²) in [5.41, 5.74) is 0.211. The number of hydrogen-bond acceptors (Lipinski definition) is 11. The van der Waals surface area contributed by atoms with Gasteiger partial charge in [0.2, 0.25) is 5.28 Å². The second-order valence-corrected chi connectivity index (χ2v) is 10.9. The number of rotatable bonds is 10. The Labute approximate surface area is 209 Å². The van der Waals surface area contributed by atoms with Crippen molar-refractivity contribution in [1.82, 2.24) is 19.7 Å². The van der Waals surface area contributed by atoms with Gasteiger partial charge in [0.1, 0.15) is 24.1 Å². The van der Waals surface area contributed by atoms with Crippen LogP contribution in [0.3, 0.4) is 0 Å². The minimum absolute atomic E-state index is 0.0786. The highest BCUT2D eigenvalue weighted by Gasteiger charge is 2.57. The third kappa shape index (κ3) is 4.95. The lowest BCUT2D eigenvalue weighted by Gasteiger charge is -2.30. The molecule has 5 atom stereocenters. The summed E-state index contributed by atoms with van der Waals surface area (Å²) in [6.07, 6.45) is -0.261. The molecule has 200 valence electrons. The summed E-state index contributed by atoms with van der Waals surface area (Å²) in [7, 11) is -4.35. The number of nitrogens with one attached hydrogen (secondary N) is 1. The molecule has 1 saturated heterocycles. The van der Waals surface area contributed by atoms with Gasteiger partial charge in [-0.05, 0) is 24.4 Å². The normalized spacial score (nSPS) is 26.9. The first kappa shape index (κ1) is 27.1. The number of halogens is 1. The van der Waals surface area contributed by atoms with Crippen molar-refractivity contribution < 1.29 is 48.7 Å². The predicted molar refractivity (Wildman–Crippen MR) is 122 cm³/mol. The van der Waals surface area contributed by atoms with Crippen LogP contribution in [-0.2, 0) is 23.6 Å². The fourth-order valence-corrected chi connectivity index (χ4v) is 5.36. The second kappa shape index (κ2) is 10.4. The Balaban J connectivity index is 1.57. The minimum atomic E-state index is -5.39. The molecule has 0 spiro atoms. The van der Waals surface area contributed by atoms with E-state index >= 15 is 0 Å². The van der Waals surface area contributed by atoms with Crippen LogP contribution in [0, 0.1) is 0 Å². The molecule has 4 rings (SSSR count). The van der Waals surface area contributed by atoms with Crippen LogP contribution in [0.25, 0.3) is 11.0 Å². The predicted octanol–water partition coefficient (Wildman–Crippen LogP) is 0.0750. The first-order chi connectivity index (χ1) is 17.0. The van der Waals surface area contributed by atoms with Gasteiger partial charge in [0.25, 0.3) is 5.34 Å². The van der Waals surface area contributed by atoms with E-state index in [1.807, 2.05) is 0 Å². The third-order valence-corrected chi connectivity index (χ3v) is 7.89. The topological polar surface area (TPSA) is 219 Å². The molecule has 2 aromatic heterocycles. The number of anilines is 1. The van der Waals surface area contributed by atoms with Crippen LogP contribution in [0.4, 0.5) is 5.82 Å². The zero-order valence-corrected chi connectivity index (χ0v) is 20.7. The number of ether oxygens (including phenoxy) is 3. The van der Waals surface area contributed by atoms with E-state index < -0.39 is 56.7 Å². The van der Waals surface area contributed by atoms with Crippen molar-refractivity contribution in [2.45, 2.75) is 61.6 Å². The lowest BCUT2D eigenvalue weighted by Crippen LogP contribution is -2.48. The van der Waals surface area contributed by atoms with Crippen LogP contribution in [-0.4, -0.2) is 101 Å². The van der Waals surface area contributed by atoms with Gasteiger partial charge in [-0.1, -0.05) is 12.8 Å². The highest BCUT2D eigenvalue weighted by Crippen LogP contribution is 2.52. The number of aliphatic hydroxyl groups is 2. The fourth-order valence-electron chi connectivity index (χ4n) is 4.40. The molecule has 0 bridgehead atoms. The van der Waals surface area contributed by atoms with Crippen molar-refractivity contribution in [3.8, 4) is 0 Å². The number of carbonyl (C=O) groups is 1. The molecule has 6 N–H and O–H groups in total. The monoisotopic (exact) mass is 551 g/mol. The molecular weight excluding hydrogens is 525 g/mol. The van der Waals surface area contributed by atoms with Crippen LogP contribution >= 0.6 is 19.2 Å². The molecule has 1 saturated carbocycles. The van der Waals surface area contributed by atoms with E-state index in [1.54, 1.807) is 0 Å². The maximum absolute atomic E-state index is 11.9. The van der Waals surface area contributed by atoms with E-state index in [-0.39, 0.29) is 17.0 Å². The Morgan fingerprint density at radius 3 is 2.61 bits per heavy atom. The van der Waals surface area contributed by atoms with Crippen LogP contribution < -0.4 is 5.32 Å². The number of methoxy groups -OCH3 is 1. The van der Waals surface area contributed by atoms with Crippen LogP contribution in [0.2, 0.25) is 5.28 Å². The molecule has 1 aliphatic heterocycles. The zero-order chi connectivity index (χ0) is 26.3. The molecule has 15 nitrogen and oxygen atoms in total. The molecule has 36 heavy (non-hydrogen) atoms. The highest BCUT2D eigenvalue weighted by atomic mass is 35.5. The smallest absolute Gasteiger partial charge is 0.371 e. The Hall–Kier alpha value is -1.94. The Morgan fingerprint density at radius 2 is 2.00 bits per heavy atom. The Kier molecular flexibility index (Phi) is 7.86. The summed E-state index contributed by atoms with van der Waals surface area (Å²) >= 11 is 6.12. The summed E-state index contributed by atoms with van der Waals surface area (Å²) in [6, 6.07) is 0.217. The SMILES string of the molecule is COC[C@@](OC[C@H]1O[C@@H](n2ncc3c(NC4CCCC4)nc(Cl)nc32)[C@H](O)[C@@H]1O)(C(=O)O)P(=O)(O)O. The van der Waals surface area contributed by atoms with Crippen molar-refractivity contribution >= 4 is 42.0 Å². The van der Waals surface area contributed by atoms with Gasteiger partial charge in [-0.2, -0.15) is 15.1 Å². The van der Waals surface area contributed by atoms with Gasteiger partial charge in [-0.25, -0.2) is 9.48 Å². The van der Waals surface area contributed by atoms with Crippen molar-refractivity contribution in [2.75, 3.05) is 25.6 Å². The van der Waals surface area contributed by atoms with E-state index in [1.165, 1.54) is 10.9 Å². The number of aliphatic hydroxyl groups excluding tert-OH is 2. The molecule has 17 heteroatoms. The molecule has 2 aliphatic rings. The maximum atomic E-state index is 11.9. The van der Waals surface area contributed by atoms with Crippen molar-refractivity contribution in [3.63, 3.8) is 0 Å². The molecule has 0 aromatic carbocycles. The maximum Gasteiger partial charge on any atom is 0.371 e. The van der Waals surface area contributed by atoms with Crippen molar-refractivity contribution in [2.24, 2.45) is 0 Å². The van der Waals surface area contributed by atoms with Crippen LogP contribution in [0.5, 0.6) is 0 Å². The van der Waals surface area contributed by atoms with Gasteiger partial charge >= 0.3 is 13.6 Å². The summed E-state index contributed by atoms with van der Waals surface area (Å²) in [5, 5.41) is 35.6. The molecule has 2 aromatic rings. The molecule has 0 amide bonds.